The van der Waals surface area contributed by atoms with Crippen LogP contribution in [-0.4, -0.2) is 40.2 Å². The molecule has 0 bridgehead atoms. The van der Waals surface area contributed by atoms with Crippen LogP contribution in [0.5, 0.6) is 5.75 Å². The maximum Gasteiger partial charge on any atom is 0.321 e. The number of carboxylic acids is 1. The Morgan fingerprint density at radius 3 is 2.53 bits per heavy atom. The van der Waals surface area contributed by atoms with Gasteiger partial charge in [0.2, 0.25) is 0 Å². The average molecular weight is 264 g/mol. The smallest absolute Gasteiger partial charge is 0.321 e. The highest BCUT2D eigenvalue weighted by Gasteiger charge is 2.26. The normalized spacial score (nSPS) is 16.1. The lowest BCUT2D eigenvalue weighted by Gasteiger charge is -2.30. The summed E-state index contributed by atoms with van der Waals surface area (Å²) in [7, 11) is 0. The monoisotopic (exact) mass is 264 g/mol. The molecule has 1 heterocycles. The van der Waals surface area contributed by atoms with Gasteiger partial charge in [-0.15, -0.1) is 0 Å². The van der Waals surface area contributed by atoms with Crippen LogP contribution < -0.4 is 5.32 Å². The summed E-state index contributed by atoms with van der Waals surface area (Å²) in [6, 6.07) is 6.04. The van der Waals surface area contributed by atoms with Gasteiger partial charge < -0.3 is 20.4 Å². The van der Waals surface area contributed by atoms with Crippen molar-refractivity contribution in [3.8, 4) is 5.75 Å². The highest BCUT2D eigenvalue weighted by molar-refractivity contribution is 5.89. The lowest BCUT2D eigenvalue weighted by atomic mass is 9.97. The van der Waals surface area contributed by atoms with E-state index in [2.05, 4.69) is 5.32 Å². The molecule has 2 rings (SSSR count). The molecular formula is C13H16N2O4. The van der Waals surface area contributed by atoms with E-state index in [1.54, 1.807) is 17.0 Å². The van der Waals surface area contributed by atoms with Crippen LogP contribution in [0, 0.1) is 5.92 Å². The third-order valence-corrected chi connectivity index (χ3v) is 3.23. The molecule has 6 heteroatoms. The number of likely N-dealkylation sites (tertiary alicyclic amines) is 1. The molecule has 1 aromatic carbocycles. The van der Waals surface area contributed by atoms with Gasteiger partial charge >= 0.3 is 12.0 Å². The average Bonchev–Trinajstić information content (AvgIpc) is 2.39. The number of aromatic hydroxyl groups is 1. The van der Waals surface area contributed by atoms with Crippen LogP contribution in [0.25, 0.3) is 0 Å². The number of phenols is 1. The first kappa shape index (κ1) is 13.2. The van der Waals surface area contributed by atoms with Crippen LogP contribution in [0.2, 0.25) is 0 Å². The number of hydrogen-bond acceptors (Lipinski definition) is 3. The van der Waals surface area contributed by atoms with E-state index in [4.69, 9.17) is 5.11 Å². The number of hydrogen-bond donors (Lipinski definition) is 3. The largest absolute Gasteiger partial charge is 0.508 e. The molecule has 0 radical (unpaired) electrons. The number of anilines is 1. The number of nitrogens with zero attached hydrogens (tertiary/aromatic N) is 1. The predicted molar refractivity (Wildman–Crippen MR) is 69.1 cm³/mol. The first-order chi connectivity index (χ1) is 9.06. The van der Waals surface area contributed by atoms with E-state index in [1.807, 2.05) is 0 Å². The van der Waals surface area contributed by atoms with Crippen molar-refractivity contribution >= 4 is 17.7 Å². The van der Waals surface area contributed by atoms with Gasteiger partial charge in [-0.1, -0.05) is 6.07 Å². The minimum atomic E-state index is -0.798. The van der Waals surface area contributed by atoms with Gasteiger partial charge in [0.25, 0.3) is 0 Å². The molecule has 19 heavy (non-hydrogen) atoms. The van der Waals surface area contributed by atoms with Crippen molar-refractivity contribution in [3.63, 3.8) is 0 Å². The molecule has 0 aromatic heterocycles. The molecule has 0 saturated carbocycles. The van der Waals surface area contributed by atoms with E-state index in [9.17, 15) is 14.7 Å². The highest BCUT2D eigenvalue weighted by Crippen LogP contribution is 2.19. The first-order valence-electron chi connectivity index (χ1n) is 6.14. The Morgan fingerprint density at radius 1 is 1.26 bits per heavy atom. The quantitative estimate of drug-likeness (QED) is 0.758. The molecule has 0 atom stereocenters. The molecular weight excluding hydrogens is 248 g/mol. The van der Waals surface area contributed by atoms with Gasteiger partial charge in [-0.25, -0.2) is 4.79 Å². The van der Waals surface area contributed by atoms with Crippen molar-refractivity contribution in [3.05, 3.63) is 24.3 Å². The fourth-order valence-electron chi connectivity index (χ4n) is 2.12. The summed E-state index contributed by atoms with van der Waals surface area (Å²) in [5.74, 6) is -1.07. The van der Waals surface area contributed by atoms with Crippen molar-refractivity contribution in [1.29, 1.82) is 0 Å². The van der Waals surface area contributed by atoms with E-state index >= 15 is 0 Å². The summed E-state index contributed by atoms with van der Waals surface area (Å²) in [4.78, 5) is 24.3. The van der Waals surface area contributed by atoms with E-state index in [0.29, 0.717) is 31.6 Å². The SMILES string of the molecule is O=C(O)C1CCN(C(=O)Nc2cccc(O)c2)CC1. The fraction of sp³-hybridized carbons (Fsp3) is 0.385. The molecule has 102 valence electrons. The van der Waals surface area contributed by atoms with Gasteiger partial charge in [-0.05, 0) is 25.0 Å². The maximum atomic E-state index is 11.9. The minimum absolute atomic E-state index is 0.0855. The van der Waals surface area contributed by atoms with Crippen molar-refractivity contribution in [2.75, 3.05) is 18.4 Å². The predicted octanol–water partition coefficient (Wildman–Crippen LogP) is 1.72. The number of rotatable bonds is 2. The second-order valence-electron chi connectivity index (χ2n) is 4.58. The number of carbonyl (C=O) groups is 2. The summed E-state index contributed by atoms with van der Waals surface area (Å²) >= 11 is 0. The number of piperidine rings is 1. The van der Waals surface area contributed by atoms with Crippen molar-refractivity contribution in [2.24, 2.45) is 5.92 Å². The first-order valence-corrected chi connectivity index (χ1v) is 6.14. The standard InChI is InChI=1S/C13H16N2O4/c16-11-3-1-2-10(8-11)14-13(19)15-6-4-9(5-7-15)12(17)18/h1-3,8-9,16H,4-7H2,(H,14,19)(H,17,18). The van der Waals surface area contributed by atoms with E-state index in [-0.39, 0.29) is 17.7 Å². The molecule has 1 aromatic rings. The second kappa shape index (κ2) is 5.60. The Balaban J connectivity index is 1.90. The minimum Gasteiger partial charge on any atom is -0.508 e. The van der Waals surface area contributed by atoms with Gasteiger partial charge in [-0.3, -0.25) is 4.79 Å². The molecule has 1 saturated heterocycles. The zero-order chi connectivity index (χ0) is 13.8. The third-order valence-electron chi connectivity index (χ3n) is 3.23. The zero-order valence-electron chi connectivity index (χ0n) is 10.4. The lowest BCUT2D eigenvalue weighted by molar-refractivity contribution is -0.143. The lowest BCUT2D eigenvalue weighted by Crippen LogP contribution is -2.42. The number of phenolic OH excluding ortho intramolecular Hbond substituents is 1. The zero-order valence-corrected chi connectivity index (χ0v) is 10.4. The van der Waals surface area contributed by atoms with Crippen molar-refractivity contribution in [1.82, 2.24) is 4.90 Å². The molecule has 1 fully saturated rings. The molecule has 0 unspecified atom stereocenters. The number of nitrogens with one attached hydrogen (secondary N) is 1. The van der Waals surface area contributed by atoms with Gasteiger partial charge in [0.1, 0.15) is 5.75 Å². The maximum absolute atomic E-state index is 11.9. The second-order valence-corrected chi connectivity index (χ2v) is 4.58. The Hall–Kier alpha value is -2.24. The third kappa shape index (κ3) is 3.37. The number of amides is 2. The molecule has 6 nitrogen and oxygen atoms in total. The Morgan fingerprint density at radius 2 is 1.95 bits per heavy atom. The van der Waals surface area contributed by atoms with Crippen molar-refractivity contribution in [2.45, 2.75) is 12.8 Å². The van der Waals surface area contributed by atoms with Gasteiger partial charge in [-0.2, -0.15) is 0 Å². The van der Waals surface area contributed by atoms with Gasteiger partial charge in [0.15, 0.2) is 0 Å². The van der Waals surface area contributed by atoms with Crippen LogP contribution in [-0.2, 0) is 4.79 Å². The number of carbonyl (C=O) groups excluding carboxylic acids is 1. The van der Waals surface area contributed by atoms with Crippen LogP contribution in [0.4, 0.5) is 10.5 Å². The summed E-state index contributed by atoms with van der Waals surface area (Å²) < 4.78 is 0. The highest BCUT2D eigenvalue weighted by atomic mass is 16.4. The number of aliphatic carboxylic acids is 1. The molecule has 1 aliphatic rings. The van der Waals surface area contributed by atoms with Gasteiger partial charge in [0.05, 0.1) is 5.92 Å². The van der Waals surface area contributed by atoms with E-state index < -0.39 is 5.97 Å². The van der Waals surface area contributed by atoms with Crippen LogP contribution >= 0.6 is 0 Å². The Kier molecular flexibility index (Phi) is 3.89. The van der Waals surface area contributed by atoms with E-state index in [0.717, 1.165) is 0 Å². The van der Waals surface area contributed by atoms with Gasteiger partial charge in [0, 0.05) is 24.8 Å². The fourth-order valence-corrected chi connectivity index (χ4v) is 2.12. The topological polar surface area (TPSA) is 89.9 Å². The number of urea groups is 1. The molecule has 3 N–H and O–H groups in total. The Bertz CT molecular complexity index is 481. The summed E-state index contributed by atoms with van der Waals surface area (Å²) in [6.07, 6.45) is 0.950. The van der Waals surface area contributed by atoms with Crippen molar-refractivity contribution < 1.29 is 19.8 Å². The summed E-state index contributed by atoms with van der Waals surface area (Å²) in [5, 5.41) is 20.9. The Labute approximate surface area is 110 Å². The number of carboxylic acid groups (broad SMARTS) is 1. The molecule has 0 aliphatic carbocycles. The van der Waals surface area contributed by atoms with Crippen LogP contribution in [0.15, 0.2) is 24.3 Å². The molecule has 0 spiro atoms. The molecule has 2 amide bonds. The number of benzene rings is 1. The van der Waals surface area contributed by atoms with Crippen LogP contribution in [0.1, 0.15) is 12.8 Å². The van der Waals surface area contributed by atoms with Crippen LogP contribution in [0.3, 0.4) is 0 Å². The molecule has 1 aliphatic heterocycles. The summed E-state index contributed by atoms with van der Waals surface area (Å²) in [5.41, 5.74) is 0.519. The van der Waals surface area contributed by atoms with E-state index in [1.165, 1.54) is 12.1 Å². The summed E-state index contributed by atoms with van der Waals surface area (Å²) in [6.45, 7) is 0.864.